The molecule has 0 saturated carbocycles. The number of ether oxygens (including phenoxy) is 1. The van der Waals surface area contributed by atoms with E-state index < -0.39 is 11.6 Å². The van der Waals surface area contributed by atoms with Crippen molar-refractivity contribution in [3.63, 3.8) is 0 Å². The number of aryl methyl sites for hydroxylation is 3. The molecule has 204 valence electrons. The van der Waals surface area contributed by atoms with Gasteiger partial charge in [-0.3, -0.25) is 9.69 Å². The Kier molecular flexibility index (Phi) is 7.03. The molecule has 1 aliphatic heterocycles. The van der Waals surface area contributed by atoms with Crippen LogP contribution in [0.4, 0.5) is 0 Å². The van der Waals surface area contributed by atoms with Crippen molar-refractivity contribution in [2.45, 2.75) is 65.1 Å². The first-order chi connectivity index (χ1) is 18.6. The number of hydrogen-bond donors (Lipinski definition) is 2. The third kappa shape index (κ3) is 5.31. The van der Waals surface area contributed by atoms with Crippen LogP contribution in [0.1, 0.15) is 66.1 Å². The molecule has 1 unspecified atom stereocenters. The van der Waals surface area contributed by atoms with Crippen molar-refractivity contribution in [1.29, 1.82) is 0 Å². The molecule has 0 bridgehead atoms. The van der Waals surface area contributed by atoms with E-state index in [2.05, 4.69) is 53.1 Å². The number of carboxylic acids is 1. The molecule has 9 heteroatoms. The number of aromatic nitrogens is 4. The lowest BCUT2D eigenvalue weighted by Gasteiger charge is -2.32. The standard InChI is InChI=1S/C30H35N5O4/c1-6-30(4)17-35(16-24-26(39-30)11-12-27(36)31-24)15-21-13-20(8-7-18(21)2)23(14-28(37)38)22-9-10-25-29(19(22)3)32-33-34(25)5/h7-13,23H,6,14-17H2,1-5H3,(H,31,36)(H,37,38)/t23?,30-/m1/s1. The van der Waals surface area contributed by atoms with Gasteiger partial charge < -0.3 is 14.9 Å². The number of carboxylic acid groups (broad SMARTS) is 1. The third-order valence-corrected chi connectivity index (χ3v) is 7.96. The van der Waals surface area contributed by atoms with E-state index in [1.807, 2.05) is 32.2 Å². The van der Waals surface area contributed by atoms with Crippen LogP contribution in [0.3, 0.4) is 0 Å². The minimum Gasteiger partial charge on any atom is -0.493 e. The van der Waals surface area contributed by atoms with Crippen LogP contribution in [0, 0.1) is 13.8 Å². The van der Waals surface area contributed by atoms with E-state index in [1.54, 1.807) is 16.8 Å². The molecule has 1 aliphatic rings. The molecule has 0 saturated heterocycles. The lowest BCUT2D eigenvalue weighted by Crippen LogP contribution is -2.42. The van der Waals surface area contributed by atoms with Gasteiger partial charge in [0.2, 0.25) is 5.88 Å². The summed E-state index contributed by atoms with van der Waals surface area (Å²) in [6.07, 6.45) is 0.783. The lowest BCUT2D eigenvalue weighted by atomic mass is 9.84. The molecule has 9 nitrogen and oxygen atoms in total. The first-order valence-electron chi connectivity index (χ1n) is 13.3. The van der Waals surface area contributed by atoms with Crippen LogP contribution in [0.25, 0.3) is 11.0 Å². The van der Waals surface area contributed by atoms with Gasteiger partial charge in [-0.15, -0.1) is 5.10 Å². The van der Waals surface area contributed by atoms with Crippen LogP contribution in [0.15, 0.2) is 42.5 Å². The first-order valence-corrected chi connectivity index (χ1v) is 13.3. The summed E-state index contributed by atoms with van der Waals surface area (Å²) in [6, 6.07) is 13.5. The maximum absolute atomic E-state index is 12.0. The van der Waals surface area contributed by atoms with Gasteiger partial charge in [-0.25, -0.2) is 9.67 Å². The summed E-state index contributed by atoms with van der Waals surface area (Å²) in [5, 5.41) is 28.3. The molecule has 0 fully saturated rings. The highest BCUT2D eigenvalue weighted by Gasteiger charge is 2.33. The van der Waals surface area contributed by atoms with Crippen molar-refractivity contribution in [3.8, 4) is 11.6 Å². The van der Waals surface area contributed by atoms with Crippen LogP contribution < -0.4 is 4.74 Å². The first kappa shape index (κ1) is 26.6. The molecule has 2 aromatic carbocycles. The highest BCUT2D eigenvalue weighted by Crippen LogP contribution is 2.36. The monoisotopic (exact) mass is 529 g/mol. The molecule has 0 spiro atoms. The molecule has 2 atom stereocenters. The summed E-state index contributed by atoms with van der Waals surface area (Å²) < 4.78 is 8.09. The molecule has 3 heterocycles. The SMILES string of the molecule is CC[C@]1(C)CN(Cc2cc(C(CC(=O)O)c3ccc4c(nnn4C)c3C)ccc2C)Cc2nc(O)ccc2O1. The van der Waals surface area contributed by atoms with Gasteiger partial charge in [0.25, 0.3) is 0 Å². The number of aromatic hydroxyl groups is 1. The second kappa shape index (κ2) is 10.3. The van der Waals surface area contributed by atoms with E-state index in [-0.39, 0.29) is 18.2 Å². The molecule has 4 aromatic rings. The Bertz CT molecular complexity index is 1550. The molecule has 0 aliphatic carbocycles. The van der Waals surface area contributed by atoms with Gasteiger partial charge >= 0.3 is 5.97 Å². The fourth-order valence-electron chi connectivity index (χ4n) is 5.55. The van der Waals surface area contributed by atoms with Crippen LogP contribution in [-0.2, 0) is 24.9 Å². The molecule has 2 N–H and O–H groups in total. The number of rotatable bonds is 7. The van der Waals surface area contributed by atoms with Gasteiger partial charge in [0.1, 0.15) is 22.6 Å². The zero-order valence-corrected chi connectivity index (χ0v) is 23.1. The molecular formula is C30H35N5O4. The van der Waals surface area contributed by atoms with Crippen molar-refractivity contribution < 1.29 is 19.7 Å². The predicted octanol–water partition coefficient (Wildman–Crippen LogP) is 4.86. The number of nitrogens with zero attached hydrogens (tertiary/aromatic N) is 5. The summed E-state index contributed by atoms with van der Waals surface area (Å²) in [6.45, 7) is 10.1. The average Bonchev–Trinajstić information content (AvgIpc) is 3.20. The summed E-state index contributed by atoms with van der Waals surface area (Å²) in [7, 11) is 1.85. The van der Waals surface area contributed by atoms with Crippen LogP contribution in [0.5, 0.6) is 11.6 Å². The second-order valence-corrected chi connectivity index (χ2v) is 10.9. The lowest BCUT2D eigenvalue weighted by molar-refractivity contribution is -0.137. The van der Waals surface area contributed by atoms with Crippen molar-refractivity contribution in [1.82, 2.24) is 24.9 Å². The minimum atomic E-state index is -0.855. The second-order valence-electron chi connectivity index (χ2n) is 10.9. The Balaban J connectivity index is 1.52. The summed E-state index contributed by atoms with van der Waals surface area (Å²) in [5.74, 6) is -0.517. The number of benzene rings is 2. The minimum absolute atomic E-state index is 0.0254. The average molecular weight is 530 g/mol. The van der Waals surface area contributed by atoms with Crippen molar-refractivity contribution in [3.05, 3.63) is 76.0 Å². The molecular weight excluding hydrogens is 494 g/mol. The Morgan fingerprint density at radius 2 is 1.97 bits per heavy atom. The van der Waals surface area contributed by atoms with Gasteiger partial charge in [0, 0.05) is 38.7 Å². The molecule has 0 radical (unpaired) electrons. The molecule has 39 heavy (non-hydrogen) atoms. The third-order valence-electron chi connectivity index (χ3n) is 7.96. The van der Waals surface area contributed by atoms with Gasteiger partial charge in [0.05, 0.1) is 11.9 Å². The Morgan fingerprint density at radius 1 is 1.18 bits per heavy atom. The summed E-state index contributed by atoms with van der Waals surface area (Å²) >= 11 is 0. The van der Waals surface area contributed by atoms with E-state index in [4.69, 9.17) is 4.74 Å². The van der Waals surface area contributed by atoms with Crippen LogP contribution in [-0.4, -0.2) is 53.2 Å². The van der Waals surface area contributed by atoms with Crippen molar-refractivity contribution in [2.75, 3.05) is 6.54 Å². The van der Waals surface area contributed by atoms with Gasteiger partial charge in [-0.1, -0.05) is 36.4 Å². The zero-order chi connectivity index (χ0) is 27.9. The predicted molar refractivity (Wildman–Crippen MR) is 148 cm³/mol. The van der Waals surface area contributed by atoms with E-state index in [0.29, 0.717) is 31.1 Å². The number of carbonyl (C=O) groups is 1. The van der Waals surface area contributed by atoms with Crippen LogP contribution >= 0.6 is 0 Å². The number of hydrogen-bond acceptors (Lipinski definition) is 7. The fraction of sp³-hybridized carbons (Fsp3) is 0.400. The number of fused-ring (bicyclic) bond motifs is 2. The maximum Gasteiger partial charge on any atom is 0.304 e. The molecule has 0 amide bonds. The molecule has 2 aromatic heterocycles. The van der Waals surface area contributed by atoms with Crippen LogP contribution in [0.2, 0.25) is 0 Å². The van der Waals surface area contributed by atoms with E-state index >= 15 is 0 Å². The largest absolute Gasteiger partial charge is 0.493 e. The smallest absolute Gasteiger partial charge is 0.304 e. The van der Waals surface area contributed by atoms with Gasteiger partial charge in [-0.2, -0.15) is 0 Å². The summed E-state index contributed by atoms with van der Waals surface area (Å²) in [4.78, 5) is 18.7. The maximum atomic E-state index is 12.0. The molecule has 5 rings (SSSR count). The van der Waals surface area contributed by atoms with E-state index in [0.717, 1.165) is 45.3 Å². The Labute approximate surface area is 228 Å². The Morgan fingerprint density at radius 3 is 2.72 bits per heavy atom. The highest BCUT2D eigenvalue weighted by molar-refractivity contribution is 5.80. The Hall–Kier alpha value is -3.98. The number of aliphatic carboxylic acids is 1. The quantitative estimate of drug-likeness (QED) is 0.349. The number of pyridine rings is 1. The normalized spacial score (nSPS) is 18.4. The van der Waals surface area contributed by atoms with Gasteiger partial charge in [-0.05, 0) is 67.1 Å². The highest BCUT2D eigenvalue weighted by atomic mass is 16.5. The summed E-state index contributed by atoms with van der Waals surface area (Å²) in [5.41, 5.74) is 7.07. The van der Waals surface area contributed by atoms with Crippen molar-refractivity contribution >= 4 is 17.0 Å². The fourth-order valence-corrected chi connectivity index (χ4v) is 5.55. The van der Waals surface area contributed by atoms with Crippen molar-refractivity contribution in [2.24, 2.45) is 7.05 Å². The van der Waals surface area contributed by atoms with Gasteiger partial charge in [0.15, 0.2) is 0 Å². The zero-order valence-electron chi connectivity index (χ0n) is 23.1. The van der Waals surface area contributed by atoms with E-state index in [9.17, 15) is 15.0 Å². The van der Waals surface area contributed by atoms with E-state index in [1.165, 1.54) is 0 Å². The topological polar surface area (TPSA) is 114 Å².